The maximum absolute atomic E-state index is 12.5. The molecule has 2 N–H and O–H groups in total. The maximum Gasteiger partial charge on any atom is 0.240 e. The van der Waals surface area contributed by atoms with Crippen LogP contribution in [0.1, 0.15) is 44.1 Å². The van der Waals surface area contributed by atoms with Crippen molar-refractivity contribution in [3.63, 3.8) is 0 Å². The summed E-state index contributed by atoms with van der Waals surface area (Å²) in [6, 6.07) is 6.94. The van der Waals surface area contributed by atoms with Crippen LogP contribution in [0.15, 0.2) is 46.8 Å². The molecule has 1 atom stereocenters. The largest absolute Gasteiger partial charge is 0.377 e. The fourth-order valence-electron chi connectivity index (χ4n) is 3.36. The van der Waals surface area contributed by atoms with E-state index in [1.165, 1.54) is 12.8 Å². The van der Waals surface area contributed by atoms with Crippen molar-refractivity contribution in [2.45, 2.75) is 56.1 Å². The average Bonchev–Trinajstić information content (AvgIpc) is 3.27. The third kappa shape index (κ3) is 9.88. The third-order valence-electron chi connectivity index (χ3n) is 5.18. The first-order chi connectivity index (χ1) is 14.5. The van der Waals surface area contributed by atoms with Crippen molar-refractivity contribution in [3.05, 3.63) is 42.5 Å². The summed E-state index contributed by atoms with van der Waals surface area (Å²) in [6.07, 6.45) is 8.34. The molecule has 7 nitrogen and oxygen atoms in total. The second-order valence-corrected chi connectivity index (χ2v) is 9.36. The van der Waals surface area contributed by atoms with E-state index in [-0.39, 0.29) is 35.0 Å². The lowest BCUT2D eigenvalue weighted by atomic mass is 10.2. The van der Waals surface area contributed by atoms with Gasteiger partial charge in [-0.05, 0) is 49.8 Å². The minimum Gasteiger partial charge on any atom is -0.377 e. The summed E-state index contributed by atoms with van der Waals surface area (Å²) in [6.45, 7) is 6.30. The van der Waals surface area contributed by atoms with E-state index in [1.54, 1.807) is 19.2 Å². The summed E-state index contributed by atoms with van der Waals surface area (Å²) >= 11 is 0. The van der Waals surface area contributed by atoms with Crippen molar-refractivity contribution < 1.29 is 13.2 Å². The molecule has 0 amide bonds. The molecule has 1 saturated heterocycles. The smallest absolute Gasteiger partial charge is 0.240 e. The molecule has 1 aliphatic rings. The summed E-state index contributed by atoms with van der Waals surface area (Å²) < 4.78 is 33.0. The fourth-order valence-corrected chi connectivity index (χ4v) is 4.43. The SMILES string of the molecule is C=CCCCCCN(C)C(=NC)NCc1ccc(S(=O)(=O)NCC2CCCO2)cc1.I. The van der Waals surface area contributed by atoms with Crippen molar-refractivity contribution in [2.75, 3.05) is 33.8 Å². The van der Waals surface area contributed by atoms with Crippen molar-refractivity contribution in [2.24, 2.45) is 4.99 Å². The first-order valence-electron chi connectivity index (χ1n) is 10.7. The number of nitrogens with one attached hydrogen (secondary N) is 2. The second kappa shape index (κ2) is 14.8. The van der Waals surface area contributed by atoms with E-state index in [9.17, 15) is 8.42 Å². The normalized spacial score (nSPS) is 16.6. The molecule has 0 aliphatic carbocycles. The van der Waals surface area contributed by atoms with Crippen molar-refractivity contribution in [1.82, 2.24) is 14.9 Å². The number of halogens is 1. The Morgan fingerprint density at radius 3 is 2.65 bits per heavy atom. The van der Waals surface area contributed by atoms with Crippen LogP contribution in [0.2, 0.25) is 0 Å². The third-order valence-corrected chi connectivity index (χ3v) is 6.62. The molecule has 2 rings (SSSR count). The molecular formula is C22H37IN4O3S. The van der Waals surface area contributed by atoms with E-state index >= 15 is 0 Å². The van der Waals surface area contributed by atoms with Gasteiger partial charge in [-0.2, -0.15) is 0 Å². The van der Waals surface area contributed by atoms with Crippen LogP contribution >= 0.6 is 24.0 Å². The van der Waals surface area contributed by atoms with Crippen molar-refractivity contribution in [1.29, 1.82) is 0 Å². The number of allylic oxidation sites excluding steroid dienone is 1. The highest BCUT2D eigenvalue weighted by Gasteiger charge is 2.20. The predicted octanol–water partition coefficient (Wildman–Crippen LogP) is 3.52. The summed E-state index contributed by atoms with van der Waals surface area (Å²) in [5.74, 6) is 0.827. The van der Waals surface area contributed by atoms with E-state index in [1.807, 2.05) is 25.3 Å². The molecule has 0 saturated carbocycles. The highest BCUT2D eigenvalue weighted by atomic mass is 127. The standard InChI is InChI=1S/C22H36N4O3S.HI/c1-4-5-6-7-8-15-26(3)22(23-2)24-17-19-11-13-21(14-12-19)30(27,28)25-18-20-10-9-16-29-20;/h4,11-14,20,25H,1,5-10,15-18H2,2-3H3,(H,23,24);1H. The minimum atomic E-state index is -3.52. The lowest BCUT2D eigenvalue weighted by molar-refractivity contribution is 0.114. The van der Waals surface area contributed by atoms with Gasteiger partial charge in [0.1, 0.15) is 0 Å². The lowest BCUT2D eigenvalue weighted by Gasteiger charge is -2.22. The van der Waals surface area contributed by atoms with Gasteiger partial charge in [0.2, 0.25) is 10.0 Å². The van der Waals surface area contributed by atoms with E-state index in [0.717, 1.165) is 43.8 Å². The monoisotopic (exact) mass is 564 g/mol. The van der Waals surface area contributed by atoms with Crippen molar-refractivity contribution >= 4 is 40.0 Å². The molecule has 9 heteroatoms. The average molecular weight is 565 g/mol. The van der Waals surface area contributed by atoms with E-state index in [2.05, 4.69) is 26.5 Å². The number of nitrogens with zero attached hydrogens (tertiary/aromatic N) is 2. The van der Waals surface area contributed by atoms with Crippen LogP contribution in [0, 0.1) is 0 Å². The summed E-state index contributed by atoms with van der Waals surface area (Å²) in [7, 11) is 0.276. The Morgan fingerprint density at radius 1 is 1.29 bits per heavy atom. The van der Waals surface area contributed by atoms with Crippen LogP contribution in [0.3, 0.4) is 0 Å². The molecule has 0 aromatic heterocycles. The number of guanidine groups is 1. The number of benzene rings is 1. The number of hydrogen-bond acceptors (Lipinski definition) is 4. The van der Waals surface area contributed by atoms with Gasteiger partial charge in [0.15, 0.2) is 5.96 Å². The predicted molar refractivity (Wildman–Crippen MR) is 138 cm³/mol. The zero-order chi connectivity index (χ0) is 21.8. The van der Waals surface area contributed by atoms with E-state index in [0.29, 0.717) is 19.7 Å². The summed E-state index contributed by atoms with van der Waals surface area (Å²) in [5, 5.41) is 3.34. The van der Waals surface area contributed by atoms with E-state index < -0.39 is 10.0 Å². The van der Waals surface area contributed by atoms with Gasteiger partial charge >= 0.3 is 0 Å². The van der Waals surface area contributed by atoms with Crippen LogP contribution in [0.25, 0.3) is 0 Å². The van der Waals surface area contributed by atoms with Gasteiger partial charge in [0.25, 0.3) is 0 Å². The number of sulfonamides is 1. The number of hydrogen-bond donors (Lipinski definition) is 2. The van der Waals surface area contributed by atoms with Crippen molar-refractivity contribution in [3.8, 4) is 0 Å². The Kier molecular flexibility index (Phi) is 13.3. The van der Waals surface area contributed by atoms with Gasteiger partial charge < -0.3 is 15.0 Å². The van der Waals surface area contributed by atoms with Crippen LogP contribution in [-0.4, -0.2) is 59.2 Å². The van der Waals surface area contributed by atoms with Gasteiger partial charge in [0.05, 0.1) is 11.0 Å². The summed E-state index contributed by atoms with van der Waals surface area (Å²) in [4.78, 5) is 6.72. The van der Waals surface area contributed by atoms with Crippen LogP contribution in [0.5, 0.6) is 0 Å². The Bertz CT molecular complexity index is 778. The van der Waals surface area contributed by atoms with Gasteiger partial charge in [-0.1, -0.05) is 24.6 Å². The quantitative estimate of drug-likeness (QED) is 0.134. The zero-order valence-corrected chi connectivity index (χ0v) is 21.8. The maximum atomic E-state index is 12.5. The van der Waals surface area contributed by atoms with Crippen LogP contribution in [0.4, 0.5) is 0 Å². The summed E-state index contributed by atoms with van der Waals surface area (Å²) in [5.41, 5.74) is 0.994. The lowest BCUT2D eigenvalue weighted by Crippen LogP contribution is -2.39. The molecule has 0 spiro atoms. The first kappa shape index (κ1) is 27.9. The Labute approximate surface area is 204 Å². The molecule has 1 fully saturated rings. The highest BCUT2D eigenvalue weighted by Crippen LogP contribution is 2.14. The highest BCUT2D eigenvalue weighted by molar-refractivity contribution is 14.0. The van der Waals surface area contributed by atoms with E-state index in [4.69, 9.17) is 4.74 Å². The molecule has 1 aromatic carbocycles. The second-order valence-electron chi connectivity index (χ2n) is 7.59. The Balaban J connectivity index is 0.00000480. The number of unbranched alkanes of at least 4 members (excludes halogenated alkanes) is 3. The van der Waals surface area contributed by atoms with Gasteiger partial charge in [-0.15, -0.1) is 30.6 Å². The number of ether oxygens (including phenoxy) is 1. The molecule has 1 unspecified atom stereocenters. The van der Waals surface area contributed by atoms with Gasteiger partial charge in [0, 0.05) is 40.3 Å². The number of rotatable bonds is 12. The molecule has 1 aromatic rings. The fraction of sp³-hybridized carbons (Fsp3) is 0.591. The molecule has 31 heavy (non-hydrogen) atoms. The first-order valence-corrected chi connectivity index (χ1v) is 12.2. The zero-order valence-electron chi connectivity index (χ0n) is 18.7. The Morgan fingerprint density at radius 2 is 2.03 bits per heavy atom. The minimum absolute atomic E-state index is 0. The topological polar surface area (TPSA) is 83.0 Å². The molecule has 1 aliphatic heterocycles. The molecular weight excluding hydrogens is 527 g/mol. The van der Waals surface area contributed by atoms with Gasteiger partial charge in [-0.25, -0.2) is 13.1 Å². The van der Waals surface area contributed by atoms with Crippen LogP contribution < -0.4 is 10.0 Å². The molecule has 0 bridgehead atoms. The Hall–Kier alpha value is -1.17. The molecule has 1 heterocycles. The van der Waals surface area contributed by atoms with Gasteiger partial charge in [-0.3, -0.25) is 4.99 Å². The van der Waals surface area contributed by atoms with Crippen LogP contribution in [-0.2, 0) is 21.3 Å². The molecule has 0 radical (unpaired) electrons. The number of aliphatic imine (C=N–C) groups is 1. The molecule has 176 valence electrons.